The van der Waals surface area contributed by atoms with E-state index < -0.39 is 0 Å². The van der Waals surface area contributed by atoms with Crippen LogP contribution in [0.1, 0.15) is 0 Å². The van der Waals surface area contributed by atoms with Crippen molar-refractivity contribution in [3.05, 3.63) is 30.3 Å². The van der Waals surface area contributed by atoms with Crippen LogP contribution in [-0.2, 0) is 4.74 Å². The number of hydrogen-bond acceptors (Lipinski definition) is 4. The fraction of sp³-hybridized carbons (Fsp3) is 0.417. The van der Waals surface area contributed by atoms with E-state index in [2.05, 4.69) is 15.4 Å². The van der Waals surface area contributed by atoms with Crippen LogP contribution in [0, 0.1) is 0 Å². The molecule has 1 N–H and O–H groups in total. The van der Waals surface area contributed by atoms with E-state index in [-0.39, 0.29) is 0 Å². The SMILES string of the molecule is CSC(=Nc1ccccc1)NN1CCOCC1. The second-order valence-electron chi connectivity index (χ2n) is 3.67. The van der Waals surface area contributed by atoms with E-state index in [4.69, 9.17) is 4.74 Å². The van der Waals surface area contributed by atoms with Crippen LogP contribution in [0.4, 0.5) is 5.69 Å². The summed E-state index contributed by atoms with van der Waals surface area (Å²) in [4.78, 5) is 4.56. The van der Waals surface area contributed by atoms with Crippen molar-refractivity contribution < 1.29 is 4.74 Å². The van der Waals surface area contributed by atoms with Crippen LogP contribution in [0.5, 0.6) is 0 Å². The van der Waals surface area contributed by atoms with Gasteiger partial charge in [-0.1, -0.05) is 30.0 Å². The molecule has 4 nitrogen and oxygen atoms in total. The largest absolute Gasteiger partial charge is 0.379 e. The van der Waals surface area contributed by atoms with Gasteiger partial charge in [-0.3, -0.25) is 5.43 Å². The second kappa shape index (κ2) is 6.64. The van der Waals surface area contributed by atoms with E-state index in [1.807, 2.05) is 36.6 Å². The zero-order chi connectivity index (χ0) is 11.9. The molecule has 0 atom stereocenters. The second-order valence-corrected chi connectivity index (χ2v) is 4.46. The Balaban J connectivity index is 1.98. The number of rotatable bonds is 2. The first kappa shape index (κ1) is 12.4. The van der Waals surface area contributed by atoms with Crippen molar-refractivity contribution in [1.29, 1.82) is 0 Å². The fourth-order valence-corrected chi connectivity index (χ4v) is 1.96. The maximum absolute atomic E-state index is 5.30. The normalized spacial score (nSPS) is 18.1. The number of thioether (sulfide) groups is 1. The zero-order valence-electron chi connectivity index (χ0n) is 9.93. The number of nitrogens with zero attached hydrogens (tertiary/aromatic N) is 2. The van der Waals surface area contributed by atoms with Gasteiger partial charge in [-0.2, -0.15) is 0 Å². The van der Waals surface area contributed by atoms with Gasteiger partial charge in [0.25, 0.3) is 0 Å². The van der Waals surface area contributed by atoms with Crippen molar-refractivity contribution in [2.75, 3.05) is 32.6 Å². The molecule has 1 aliphatic rings. The number of para-hydroxylation sites is 1. The van der Waals surface area contributed by atoms with Crippen molar-refractivity contribution >= 4 is 22.6 Å². The van der Waals surface area contributed by atoms with E-state index in [0.717, 1.165) is 37.2 Å². The summed E-state index contributed by atoms with van der Waals surface area (Å²) in [6.07, 6.45) is 2.02. The summed E-state index contributed by atoms with van der Waals surface area (Å²) in [5.41, 5.74) is 4.29. The number of morpholine rings is 1. The highest BCUT2D eigenvalue weighted by Gasteiger charge is 2.11. The van der Waals surface area contributed by atoms with Crippen LogP contribution in [0.25, 0.3) is 0 Å². The predicted octanol–water partition coefficient (Wildman–Crippen LogP) is 1.87. The lowest BCUT2D eigenvalue weighted by Gasteiger charge is -2.27. The molecule has 5 heteroatoms. The predicted molar refractivity (Wildman–Crippen MR) is 72.6 cm³/mol. The summed E-state index contributed by atoms with van der Waals surface area (Å²) >= 11 is 1.61. The molecule has 1 saturated heterocycles. The van der Waals surface area contributed by atoms with E-state index in [1.165, 1.54) is 0 Å². The summed E-state index contributed by atoms with van der Waals surface area (Å²) in [6.45, 7) is 3.35. The number of ether oxygens (including phenoxy) is 1. The quantitative estimate of drug-likeness (QED) is 0.643. The topological polar surface area (TPSA) is 36.9 Å². The van der Waals surface area contributed by atoms with Crippen molar-refractivity contribution in [3.63, 3.8) is 0 Å². The molecule has 1 aromatic carbocycles. The van der Waals surface area contributed by atoms with Gasteiger partial charge in [-0.15, -0.1) is 0 Å². The third kappa shape index (κ3) is 4.03. The minimum Gasteiger partial charge on any atom is -0.379 e. The summed E-state index contributed by atoms with van der Waals surface area (Å²) in [5, 5.41) is 3.06. The standard InChI is InChI=1S/C12H17N3OS/c1-17-12(13-11-5-3-2-4-6-11)14-15-7-9-16-10-8-15/h2-6H,7-10H2,1H3,(H,13,14). The van der Waals surface area contributed by atoms with Crippen LogP contribution in [0.2, 0.25) is 0 Å². The molecule has 1 heterocycles. The molecule has 1 fully saturated rings. The summed E-state index contributed by atoms with van der Waals surface area (Å²) in [5.74, 6) is 0. The minimum absolute atomic E-state index is 0.778. The smallest absolute Gasteiger partial charge is 0.176 e. The first-order valence-corrected chi connectivity index (χ1v) is 6.88. The Morgan fingerprint density at radius 1 is 1.29 bits per heavy atom. The number of amidine groups is 1. The van der Waals surface area contributed by atoms with Gasteiger partial charge in [0.2, 0.25) is 0 Å². The van der Waals surface area contributed by atoms with Crippen molar-refractivity contribution in [2.24, 2.45) is 4.99 Å². The molecule has 0 aliphatic carbocycles. The first-order valence-electron chi connectivity index (χ1n) is 5.65. The molecule has 0 unspecified atom stereocenters. The monoisotopic (exact) mass is 251 g/mol. The molecule has 0 spiro atoms. The van der Waals surface area contributed by atoms with Crippen LogP contribution in [-0.4, -0.2) is 42.7 Å². The van der Waals surface area contributed by atoms with Gasteiger partial charge in [0.1, 0.15) is 0 Å². The minimum atomic E-state index is 0.778. The van der Waals surface area contributed by atoms with E-state index in [1.54, 1.807) is 11.8 Å². The highest BCUT2D eigenvalue weighted by atomic mass is 32.2. The molecule has 17 heavy (non-hydrogen) atoms. The van der Waals surface area contributed by atoms with Gasteiger partial charge in [-0.25, -0.2) is 10.0 Å². The zero-order valence-corrected chi connectivity index (χ0v) is 10.7. The lowest BCUT2D eigenvalue weighted by Crippen LogP contribution is -2.47. The number of nitrogens with one attached hydrogen (secondary N) is 1. The number of aliphatic imine (C=N–C) groups is 1. The Hall–Kier alpha value is -1.04. The van der Waals surface area contributed by atoms with Crippen LogP contribution in [0.3, 0.4) is 0 Å². The number of benzene rings is 1. The molecular formula is C12H17N3OS. The molecule has 0 bridgehead atoms. The molecule has 0 radical (unpaired) electrons. The maximum atomic E-state index is 5.30. The van der Waals surface area contributed by atoms with Crippen LogP contribution < -0.4 is 5.43 Å². The number of hydrogen-bond donors (Lipinski definition) is 1. The average molecular weight is 251 g/mol. The van der Waals surface area contributed by atoms with Gasteiger partial charge in [0, 0.05) is 13.1 Å². The highest BCUT2D eigenvalue weighted by Crippen LogP contribution is 2.12. The first-order chi connectivity index (χ1) is 8.38. The van der Waals surface area contributed by atoms with E-state index >= 15 is 0 Å². The molecule has 0 amide bonds. The lowest BCUT2D eigenvalue weighted by atomic mass is 10.3. The Kier molecular flexibility index (Phi) is 4.85. The van der Waals surface area contributed by atoms with Crippen molar-refractivity contribution in [1.82, 2.24) is 10.4 Å². The van der Waals surface area contributed by atoms with Gasteiger partial charge >= 0.3 is 0 Å². The van der Waals surface area contributed by atoms with Gasteiger partial charge in [0.15, 0.2) is 5.17 Å². The summed E-state index contributed by atoms with van der Waals surface area (Å²) < 4.78 is 5.30. The summed E-state index contributed by atoms with van der Waals surface area (Å²) in [7, 11) is 0. The molecule has 1 aromatic rings. The van der Waals surface area contributed by atoms with Crippen molar-refractivity contribution in [2.45, 2.75) is 0 Å². The third-order valence-corrected chi connectivity index (χ3v) is 3.01. The van der Waals surface area contributed by atoms with Crippen LogP contribution in [0.15, 0.2) is 35.3 Å². The Morgan fingerprint density at radius 3 is 2.65 bits per heavy atom. The van der Waals surface area contributed by atoms with Crippen molar-refractivity contribution in [3.8, 4) is 0 Å². The third-order valence-electron chi connectivity index (χ3n) is 2.45. The highest BCUT2D eigenvalue weighted by molar-refractivity contribution is 8.13. The van der Waals surface area contributed by atoms with Gasteiger partial charge < -0.3 is 4.74 Å². The van der Waals surface area contributed by atoms with Gasteiger partial charge in [0.05, 0.1) is 18.9 Å². The van der Waals surface area contributed by atoms with Gasteiger partial charge in [-0.05, 0) is 18.4 Å². The Bertz CT molecular complexity index is 363. The van der Waals surface area contributed by atoms with Crippen LogP contribution >= 0.6 is 11.8 Å². The van der Waals surface area contributed by atoms with E-state index in [9.17, 15) is 0 Å². The molecule has 2 rings (SSSR count). The average Bonchev–Trinajstić information content (AvgIpc) is 2.40. The number of hydrazine groups is 1. The Morgan fingerprint density at radius 2 is 2.00 bits per heavy atom. The molecule has 92 valence electrons. The Labute approximate surface area is 106 Å². The molecule has 0 aromatic heterocycles. The molecule has 0 saturated carbocycles. The maximum Gasteiger partial charge on any atom is 0.176 e. The van der Waals surface area contributed by atoms with E-state index in [0.29, 0.717) is 0 Å². The lowest BCUT2D eigenvalue weighted by molar-refractivity contribution is 0.0254. The fourth-order valence-electron chi connectivity index (χ4n) is 1.55. The molecular weight excluding hydrogens is 234 g/mol. The summed E-state index contributed by atoms with van der Waals surface area (Å²) in [6, 6.07) is 9.97. The molecule has 1 aliphatic heterocycles.